The van der Waals surface area contributed by atoms with Gasteiger partial charge in [-0.05, 0) is 44.2 Å². The van der Waals surface area contributed by atoms with Crippen molar-refractivity contribution in [3.63, 3.8) is 0 Å². The Bertz CT molecular complexity index is 912. The molecule has 0 aliphatic carbocycles. The maximum absolute atomic E-state index is 12.2. The number of nitrogens with zero attached hydrogens (tertiary/aromatic N) is 2. The van der Waals surface area contributed by atoms with Crippen molar-refractivity contribution in [2.75, 3.05) is 0 Å². The summed E-state index contributed by atoms with van der Waals surface area (Å²) in [4.78, 5) is 12.1. The van der Waals surface area contributed by atoms with Gasteiger partial charge in [0, 0.05) is 5.02 Å². The summed E-state index contributed by atoms with van der Waals surface area (Å²) in [5, 5.41) is 17.1. The molecule has 112 valence electrons. The summed E-state index contributed by atoms with van der Waals surface area (Å²) in [6.07, 6.45) is 0. The minimum Gasteiger partial charge on any atom is -0.872 e. The maximum Gasteiger partial charge on any atom is 0.344 e. The highest BCUT2D eigenvalue weighted by molar-refractivity contribution is 6.30. The van der Waals surface area contributed by atoms with E-state index in [4.69, 9.17) is 16.0 Å². The third-order valence-electron chi connectivity index (χ3n) is 3.18. The van der Waals surface area contributed by atoms with Crippen molar-refractivity contribution in [3.05, 3.63) is 63.3 Å². The first-order valence-electron chi connectivity index (χ1n) is 6.60. The molecule has 0 fully saturated rings. The molecular weight excluding hydrogens is 304 g/mol. The molecule has 0 saturated heterocycles. The molecule has 0 saturated carbocycles. The highest BCUT2D eigenvalue weighted by Crippen LogP contribution is 2.28. The van der Waals surface area contributed by atoms with Gasteiger partial charge in [0.05, 0.1) is 22.6 Å². The normalized spacial score (nSPS) is 10.9. The van der Waals surface area contributed by atoms with Crippen molar-refractivity contribution in [1.29, 1.82) is 0 Å². The lowest BCUT2D eigenvalue weighted by Gasteiger charge is -2.14. The molecule has 0 unspecified atom stereocenters. The molecule has 0 radical (unpaired) electrons. The molecule has 2 heterocycles. The van der Waals surface area contributed by atoms with Crippen LogP contribution in [0.5, 0.6) is 5.75 Å². The Hall–Kier alpha value is -2.53. The van der Waals surface area contributed by atoms with Crippen molar-refractivity contribution in [1.82, 2.24) is 9.78 Å². The first kappa shape index (κ1) is 14.4. The van der Waals surface area contributed by atoms with Crippen LogP contribution in [0.1, 0.15) is 11.5 Å². The fraction of sp³-hybridized carbons (Fsp3) is 0.125. The van der Waals surface area contributed by atoms with Gasteiger partial charge in [-0.25, -0.2) is 9.48 Å². The van der Waals surface area contributed by atoms with Crippen molar-refractivity contribution in [3.8, 4) is 22.7 Å². The molecule has 1 aromatic carbocycles. The fourth-order valence-electron chi connectivity index (χ4n) is 2.30. The summed E-state index contributed by atoms with van der Waals surface area (Å²) < 4.78 is 6.56. The van der Waals surface area contributed by atoms with Crippen molar-refractivity contribution in [2.24, 2.45) is 0 Å². The Kier molecular flexibility index (Phi) is 3.50. The van der Waals surface area contributed by atoms with Gasteiger partial charge < -0.3 is 9.52 Å². The van der Waals surface area contributed by atoms with E-state index in [0.717, 1.165) is 0 Å². The first-order chi connectivity index (χ1) is 10.5. The molecule has 0 bridgehead atoms. The second kappa shape index (κ2) is 5.35. The van der Waals surface area contributed by atoms with Crippen molar-refractivity contribution in [2.45, 2.75) is 13.8 Å². The average Bonchev–Trinajstić information content (AvgIpc) is 2.79. The Balaban J connectivity index is 2.28. The highest BCUT2D eigenvalue weighted by atomic mass is 35.5. The Morgan fingerprint density at radius 2 is 2.00 bits per heavy atom. The number of hydrogen-bond acceptors (Lipinski definition) is 4. The van der Waals surface area contributed by atoms with E-state index in [-0.39, 0.29) is 11.3 Å². The maximum atomic E-state index is 12.2. The molecule has 22 heavy (non-hydrogen) atoms. The molecule has 0 N–H and O–H groups in total. The number of benzene rings is 1. The van der Waals surface area contributed by atoms with E-state index in [0.29, 0.717) is 22.1 Å². The summed E-state index contributed by atoms with van der Waals surface area (Å²) >= 11 is 6.00. The Labute approximate surface area is 131 Å². The molecule has 0 atom stereocenters. The molecule has 0 amide bonds. The van der Waals surface area contributed by atoms with E-state index < -0.39 is 11.4 Å². The number of aryl methyl sites for hydroxylation is 2. The van der Waals surface area contributed by atoms with Gasteiger partial charge in [0.2, 0.25) is 0 Å². The summed E-state index contributed by atoms with van der Waals surface area (Å²) in [6.45, 7) is 3.34. The van der Waals surface area contributed by atoms with Crippen LogP contribution < -0.4 is 10.7 Å². The van der Waals surface area contributed by atoms with Gasteiger partial charge in [0.25, 0.3) is 0 Å². The van der Waals surface area contributed by atoms with Crippen molar-refractivity contribution >= 4 is 11.6 Å². The number of aromatic nitrogens is 2. The van der Waals surface area contributed by atoms with E-state index in [9.17, 15) is 9.90 Å². The van der Waals surface area contributed by atoms with Gasteiger partial charge in [-0.2, -0.15) is 5.10 Å². The van der Waals surface area contributed by atoms with Gasteiger partial charge in [-0.1, -0.05) is 23.4 Å². The lowest BCUT2D eigenvalue weighted by Crippen LogP contribution is -2.11. The third kappa shape index (κ3) is 2.51. The van der Waals surface area contributed by atoms with E-state index in [1.54, 1.807) is 44.2 Å². The van der Waals surface area contributed by atoms with Gasteiger partial charge in [0.1, 0.15) is 5.76 Å². The molecular formula is C16H12ClN2O3-. The van der Waals surface area contributed by atoms with Crippen LogP contribution in [-0.4, -0.2) is 9.78 Å². The molecule has 5 nitrogen and oxygen atoms in total. The quantitative estimate of drug-likeness (QED) is 0.729. The molecule has 0 aliphatic rings. The summed E-state index contributed by atoms with van der Waals surface area (Å²) in [5.74, 6) is -0.110. The van der Waals surface area contributed by atoms with Gasteiger partial charge in [-0.3, -0.25) is 0 Å². The van der Waals surface area contributed by atoms with Crippen LogP contribution in [0.2, 0.25) is 5.02 Å². The second-order valence-corrected chi connectivity index (χ2v) is 5.38. The fourth-order valence-corrected chi connectivity index (χ4v) is 2.48. The molecule has 3 aromatic rings. The van der Waals surface area contributed by atoms with E-state index in [2.05, 4.69) is 5.10 Å². The van der Waals surface area contributed by atoms with Gasteiger partial charge >= 0.3 is 5.63 Å². The third-order valence-corrected chi connectivity index (χ3v) is 3.41. The molecule has 0 aliphatic heterocycles. The zero-order valence-corrected chi connectivity index (χ0v) is 12.7. The van der Waals surface area contributed by atoms with Crippen LogP contribution in [0.15, 0.2) is 45.6 Å². The van der Waals surface area contributed by atoms with Crippen LogP contribution in [-0.2, 0) is 0 Å². The minimum atomic E-state index is -0.673. The van der Waals surface area contributed by atoms with Crippen LogP contribution in [0.4, 0.5) is 0 Å². The largest absolute Gasteiger partial charge is 0.872 e. The topological polar surface area (TPSA) is 71.1 Å². The lowest BCUT2D eigenvalue weighted by molar-refractivity contribution is -0.267. The lowest BCUT2D eigenvalue weighted by atomic mass is 10.1. The summed E-state index contributed by atoms with van der Waals surface area (Å²) in [7, 11) is 0. The second-order valence-electron chi connectivity index (χ2n) is 4.95. The Morgan fingerprint density at radius 3 is 2.68 bits per heavy atom. The first-order valence-corrected chi connectivity index (χ1v) is 6.98. The van der Waals surface area contributed by atoms with Crippen LogP contribution >= 0.6 is 11.6 Å². The van der Waals surface area contributed by atoms with E-state index in [1.807, 2.05) is 0 Å². The monoisotopic (exact) mass is 315 g/mol. The zero-order chi connectivity index (χ0) is 15.9. The van der Waals surface area contributed by atoms with Gasteiger partial charge in [0.15, 0.2) is 0 Å². The molecule has 2 aromatic heterocycles. The standard InChI is InChI=1S/C16H13ClN2O3/c1-9-6-13(15-14(20)7-10(2)22-16(15)21)19(18-9)12-5-3-4-11(17)8-12/h3-8,20H,1-2H3/p-1. The van der Waals surface area contributed by atoms with Gasteiger partial charge in [-0.15, -0.1) is 0 Å². The number of hydrogen-bond donors (Lipinski definition) is 0. The predicted molar refractivity (Wildman–Crippen MR) is 81.5 cm³/mol. The van der Waals surface area contributed by atoms with Crippen LogP contribution in [0.25, 0.3) is 16.9 Å². The Morgan fingerprint density at radius 1 is 1.23 bits per heavy atom. The smallest absolute Gasteiger partial charge is 0.344 e. The van der Waals surface area contributed by atoms with Crippen molar-refractivity contribution < 1.29 is 9.52 Å². The van der Waals surface area contributed by atoms with E-state index >= 15 is 0 Å². The number of rotatable bonds is 2. The van der Waals surface area contributed by atoms with Crippen LogP contribution in [0, 0.1) is 13.8 Å². The molecule has 0 spiro atoms. The number of halogens is 1. The SMILES string of the molecule is Cc1cc(-c2c([O-])cc(C)oc2=O)n(-c2cccc(Cl)c2)n1. The average molecular weight is 316 g/mol. The molecule has 3 rings (SSSR count). The summed E-state index contributed by atoms with van der Waals surface area (Å²) in [6, 6.07) is 9.97. The highest BCUT2D eigenvalue weighted by Gasteiger charge is 2.15. The predicted octanol–water partition coefficient (Wildman–Crippen LogP) is 2.84. The minimum absolute atomic E-state index is 0.0359. The zero-order valence-electron chi connectivity index (χ0n) is 12.0. The molecule has 6 heteroatoms. The van der Waals surface area contributed by atoms with E-state index in [1.165, 1.54) is 10.7 Å². The summed E-state index contributed by atoms with van der Waals surface area (Å²) in [5.41, 5.74) is 1.02. The van der Waals surface area contributed by atoms with Crippen LogP contribution in [0.3, 0.4) is 0 Å².